The topological polar surface area (TPSA) is 95.3 Å². The van der Waals surface area contributed by atoms with Crippen molar-refractivity contribution >= 4 is 16.0 Å². The van der Waals surface area contributed by atoms with Crippen molar-refractivity contribution in [1.82, 2.24) is 14.2 Å². The molecule has 0 saturated carbocycles. The van der Waals surface area contributed by atoms with Crippen LogP contribution in [-0.2, 0) is 16.6 Å². The lowest BCUT2D eigenvalue weighted by Gasteiger charge is -2.09. The van der Waals surface area contributed by atoms with Crippen molar-refractivity contribution in [2.24, 2.45) is 0 Å². The van der Waals surface area contributed by atoms with E-state index < -0.39 is 10.0 Å². The molecule has 1 N–H and O–H groups in total. The summed E-state index contributed by atoms with van der Waals surface area (Å²) in [5.74, 6) is 1.83. The minimum absolute atomic E-state index is 0.121. The van der Waals surface area contributed by atoms with Crippen LogP contribution in [0.2, 0.25) is 0 Å². The van der Waals surface area contributed by atoms with Crippen LogP contribution in [0.1, 0.15) is 5.56 Å². The zero-order valence-electron chi connectivity index (χ0n) is 17.6. The molecule has 8 nitrogen and oxygen atoms in total. The first-order chi connectivity index (χ1) is 15.5. The van der Waals surface area contributed by atoms with Crippen molar-refractivity contribution in [2.75, 3.05) is 19.5 Å². The first-order valence-corrected chi connectivity index (χ1v) is 11.2. The highest BCUT2D eigenvalue weighted by molar-refractivity contribution is 7.90. The normalized spacial score (nSPS) is 11.2. The summed E-state index contributed by atoms with van der Waals surface area (Å²) in [6, 6.07) is 22.7. The summed E-state index contributed by atoms with van der Waals surface area (Å²) >= 11 is 0. The van der Waals surface area contributed by atoms with Crippen LogP contribution in [-0.4, -0.2) is 36.8 Å². The number of ether oxygens (including phenoxy) is 2. The predicted molar refractivity (Wildman–Crippen MR) is 121 cm³/mol. The van der Waals surface area contributed by atoms with E-state index in [1.165, 1.54) is 12.1 Å². The van der Waals surface area contributed by atoms with E-state index in [2.05, 4.69) is 15.4 Å². The molecule has 9 heteroatoms. The van der Waals surface area contributed by atoms with Crippen LogP contribution in [0.25, 0.3) is 11.4 Å². The summed E-state index contributed by atoms with van der Waals surface area (Å²) < 4.78 is 37.9. The van der Waals surface area contributed by atoms with Gasteiger partial charge in [0.2, 0.25) is 5.95 Å². The predicted octanol–water partition coefficient (Wildman–Crippen LogP) is 3.81. The lowest BCUT2D eigenvalue weighted by Crippen LogP contribution is -2.18. The van der Waals surface area contributed by atoms with Gasteiger partial charge in [-0.25, -0.2) is 0 Å². The van der Waals surface area contributed by atoms with Crippen molar-refractivity contribution in [1.29, 1.82) is 0 Å². The minimum atomic E-state index is -3.95. The maximum atomic E-state index is 13.3. The molecule has 4 aromatic rings. The highest BCUT2D eigenvalue weighted by Gasteiger charge is 2.24. The molecule has 3 aromatic carbocycles. The molecule has 4 rings (SSSR count). The van der Waals surface area contributed by atoms with Gasteiger partial charge in [-0.3, -0.25) is 0 Å². The van der Waals surface area contributed by atoms with Crippen molar-refractivity contribution < 1.29 is 17.9 Å². The molecule has 0 aliphatic carbocycles. The van der Waals surface area contributed by atoms with Gasteiger partial charge in [-0.2, -0.15) is 13.4 Å². The third-order valence-electron chi connectivity index (χ3n) is 4.81. The Morgan fingerprint density at radius 3 is 2.03 bits per heavy atom. The number of rotatable bonds is 8. The molecule has 0 spiro atoms. The summed E-state index contributed by atoms with van der Waals surface area (Å²) in [6.07, 6.45) is 0. The zero-order valence-corrected chi connectivity index (χ0v) is 18.4. The fraction of sp³-hybridized carbons (Fsp3) is 0.130. The Labute approximate surface area is 186 Å². The Kier molecular flexibility index (Phi) is 6.09. The van der Waals surface area contributed by atoms with Gasteiger partial charge < -0.3 is 14.8 Å². The van der Waals surface area contributed by atoms with Crippen LogP contribution >= 0.6 is 0 Å². The first-order valence-electron chi connectivity index (χ1n) is 9.80. The average Bonchev–Trinajstić information content (AvgIpc) is 3.29. The maximum absolute atomic E-state index is 13.3. The number of hydrogen-bond donors (Lipinski definition) is 1. The van der Waals surface area contributed by atoms with Crippen LogP contribution in [0.4, 0.5) is 5.95 Å². The molecule has 32 heavy (non-hydrogen) atoms. The van der Waals surface area contributed by atoms with E-state index in [9.17, 15) is 8.42 Å². The second kappa shape index (κ2) is 9.11. The van der Waals surface area contributed by atoms with Crippen LogP contribution in [0, 0.1) is 0 Å². The number of hydrogen-bond acceptors (Lipinski definition) is 7. The Morgan fingerprint density at radius 2 is 1.44 bits per heavy atom. The summed E-state index contributed by atoms with van der Waals surface area (Å²) in [4.78, 5) is 4.60. The van der Waals surface area contributed by atoms with E-state index in [4.69, 9.17) is 9.47 Å². The van der Waals surface area contributed by atoms with E-state index in [1.807, 2.05) is 24.3 Å². The molecule has 0 aliphatic heterocycles. The molecule has 0 bridgehead atoms. The molecule has 0 saturated heterocycles. The van der Waals surface area contributed by atoms with Gasteiger partial charge in [-0.15, -0.1) is 9.19 Å². The summed E-state index contributed by atoms with van der Waals surface area (Å²) in [5.41, 5.74) is 1.60. The van der Waals surface area contributed by atoms with Gasteiger partial charge in [0.05, 0.1) is 19.1 Å². The molecule has 0 radical (unpaired) electrons. The van der Waals surface area contributed by atoms with Gasteiger partial charge in [0.25, 0.3) is 10.0 Å². The first kappa shape index (κ1) is 21.4. The van der Waals surface area contributed by atoms with E-state index in [-0.39, 0.29) is 16.7 Å². The molecule has 0 atom stereocenters. The van der Waals surface area contributed by atoms with Gasteiger partial charge in [0.15, 0.2) is 5.82 Å². The van der Waals surface area contributed by atoms with Crippen LogP contribution in [0.5, 0.6) is 11.5 Å². The number of nitrogens with one attached hydrogen (secondary N) is 1. The number of nitrogens with zero attached hydrogens (tertiary/aromatic N) is 3. The Hall–Kier alpha value is -3.85. The van der Waals surface area contributed by atoms with Gasteiger partial charge >= 0.3 is 0 Å². The second-order valence-corrected chi connectivity index (χ2v) is 8.62. The summed E-state index contributed by atoms with van der Waals surface area (Å²) in [7, 11) is -0.768. The van der Waals surface area contributed by atoms with E-state index in [0.29, 0.717) is 17.9 Å². The van der Waals surface area contributed by atoms with Crippen molar-refractivity contribution in [3.8, 4) is 22.9 Å². The lowest BCUT2D eigenvalue weighted by atomic mass is 10.2. The Bertz CT molecular complexity index is 1290. The number of anilines is 1. The Morgan fingerprint density at radius 1 is 0.844 bits per heavy atom. The fourth-order valence-electron chi connectivity index (χ4n) is 3.05. The third-order valence-corrected chi connectivity index (χ3v) is 6.38. The van der Waals surface area contributed by atoms with E-state index in [1.54, 1.807) is 56.7 Å². The Balaban J connectivity index is 1.71. The van der Waals surface area contributed by atoms with Crippen molar-refractivity contribution in [2.45, 2.75) is 11.4 Å². The largest absolute Gasteiger partial charge is 0.497 e. The molecule has 0 amide bonds. The molecule has 0 unspecified atom stereocenters. The van der Waals surface area contributed by atoms with Crippen LogP contribution < -0.4 is 14.8 Å². The minimum Gasteiger partial charge on any atom is -0.497 e. The van der Waals surface area contributed by atoms with Crippen LogP contribution in [0.3, 0.4) is 0 Å². The third kappa shape index (κ3) is 4.42. The molecule has 1 aromatic heterocycles. The number of methoxy groups -OCH3 is 2. The lowest BCUT2D eigenvalue weighted by molar-refractivity contribution is 0.414. The van der Waals surface area contributed by atoms with E-state index in [0.717, 1.165) is 15.4 Å². The van der Waals surface area contributed by atoms with Gasteiger partial charge in [0.1, 0.15) is 11.5 Å². The van der Waals surface area contributed by atoms with Crippen molar-refractivity contribution in [3.05, 3.63) is 84.4 Å². The standard InChI is InChI=1S/C23H22N4O4S/c1-30-19-12-8-17(9-13-19)16-24-23-25-22(18-10-14-20(31-2)15-11-18)26-27(23)32(28,29)21-6-4-3-5-7-21/h3-15H,16H2,1-2H3,(H,24,25,26). The van der Waals surface area contributed by atoms with Crippen LogP contribution in [0.15, 0.2) is 83.8 Å². The highest BCUT2D eigenvalue weighted by atomic mass is 32.2. The van der Waals surface area contributed by atoms with Gasteiger partial charge in [-0.05, 0) is 54.1 Å². The summed E-state index contributed by atoms with van der Waals surface area (Å²) in [5, 5.41) is 7.42. The molecule has 164 valence electrons. The highest BCUT2D eigenvalue weighted by Crippen LogP contribution is 2.24. The molecule has 1 heterocycles. The molecule has 0 aliphatic rings. The van der Waals surface area contributed by atoms with Crippen molar-refractivity contribution in [3.63, 3.8) is 0 Å². The molecular formula is C23H22N4O4S. The fourth-order valence-corrected chi connectivity index (χ4v) is 4.27. The maximum Gasteiger partial charge on any atom is 0.286 e. The average molecular weight is 451 g/mol. The quantitative estimate of drug-likeness (QED) is 0.436. The molecule has 0 fully saturated rings. The van der Waals surface area contributed by atoms with E-state index >= 15 is 0 Å². The zero-order chi connectivity index (χ0) is 22.6. The monoisotopic (exact) mass is 450 g/mol. The SMILES string of the molecule is COc1ccc(CNc2nc(-c3ccc(OC)cc3)nn2S(=O)(=O)c2ccccc2)cc1. The number of benzene rings is 3. The molecular weight excluding hydrogens is 428 g/mol. The second-order valence-electron chi connectivity index (χ2n) is 6.85. The smallest absolute Gasteiger partial charge is 0.286 e. The van der Waals surface area contributed by atoms with Gasteiger partial charge in [-0.1, -0.05) is 30.3 Å². The van der Waals surface area contributed by atoms with Gasteiger partial charge in [0, 0.05) is 12.1 Å². The number of aromatic nitrogens is 3. The summed E-state index contributed by atoms with van der Waals surface area (Å²) in [6.45, 7) is 0.356.